The number of carbonyl (C=O) groups excluding carboxylic acids is 1. The highest BCUT2D eigenvalue weighted by Gasteiger charge is 2.42. The van der Waals surface area contributed by atoms with Gasteiger partial charge in [-0.25, -0.2) is 8.42 Å². The molecule has 0 radical (unpaired) electrons. The molecule has 2 aromatic rings. The van der Waals surface area contributed by atoms with Crippen molar-refractivity contribution in [3.05, 3.63) is 59.1 Å². The highest BCUT2D eigenvalue weighted by molar-refractivity contribution is 7.92. The maximum absolute atomic E-state index is 12.8. The van der Waals surface area contributed by atoms with E-state index in [4.69, 9.17) is 11.6 Å². The largest absolute Gasteiger partial charge is 0.349 e. The van der Waals surface area contributed by atoms with Crippen LogP contribution in [0.15, 0.2) is 53.4 Å². The zero-order chi connectivity index (χ0) is 20.6. The van der Waals surface area contributed by atoms with E-state index in [2.05, 4.69) is 17.0 Å². The van der Waals surface area contributed by atoms with E-state index in [1.165, 1.54) is 43.9 Å². The highest BCUT2D eigenvalue weighted by atomic mass is 35.5. The molecule has 5 nitrogen and oxygen atoms in total. The molecular formula is C22H25ClN2O3S. The molecule has 0 aromatic heterocycles. The second-order valence-corrected chi connectivity index (χ2v) is 10.4. The molecule has 2 N–H and O–H groups in total. The fraction of sp³-hybridized carbons (Fsp3) is 0.409. The van der Waals surface area contributed by atoms with Gasteiger partial charge in [0.1, 0.15) is 0 Å². The van der Waals surface area contributed by atoms with Crippen LogP contribution in [0.3, 0.4) is 0 Å². The molecule has 0 spiro atoms. The summed E-state index contributed by atoms with van der Waals surface area (Å²) in [5.74, 6) is 1.81. The van der Waals surface area contributed by atoms with Gasteiger partial charge >= 0.3 is 0 Å². The summed E-state index contributed by atoms with van der Waals surface area (Å²) in [7, 11) is -3.83. The molecule has 2 aromatic carbocycles. The van der Waals surface area contributed by atoms with Crippen LogP contribution >= 0.6 is 11.6 Å². The monoisotopic (exact) mass is 432 g/mol. The van der Waals surface area contributed by atoms with E-state index in [0.29, 0.717) is 28.1 Å². The van der Waals surface area contributed by atoms with Crippen molar-refractivity contribution in [3.8, 4) is 0 Å². The second kappa shape index (κ2) is 8.00. The summed E-state index contributed by atoms with van der Waals surface area (Å²) in [6.07, 6.45) is 5.05. The third kappa shape index (κ3) is 4.43. The number of sulfonamides is 1. The smallest absolute Gasteiger partial charge is 0.261 e. The summed E-state index contributed by atoms with van der Waals surface area (Å²) in [5, 5.41) is 3.53. The Morgan fingerprint density at radius 2 is 1.90 bits per heavy atom. The SMILES string of the molecule is C[C@H](NC(=O)c1cccc(S(=O)(=O)Nc2cccc(Cl)c2)c1)[C@H]1C[C@@H]2CC[C@H]1C2. The summed E-state index contributed by atoms with van der Waals surface area (Å²) in [5.41, 5.74) is 0.714. The zero-order valence-electron chi connectivity index (χ0n) is 16.3. The van der Waals surface area contributed by atoms with Crippen molar-refractivity contribution in [1.82, 2.24) is 5.32 Å². The molecule has 0 saturated heterocycles. The van der Waals surface area contributed by atoms with E-state index < -0.39 is 10.0 Å². The molecule has 154 valence electrons. The van der Waals surface area contributed by atoms with Gasteiger partial charge in [0.2, 0.25) is 0 Å². The maximum Gasteiger partial charge on any atom is 0.261 e. The van der Waals surface area contributed by atoms with E-state index in [1.54, 1.807) is 30.3 Å². The molecule has 1 amide bonds. The number of hydrogen-bond donors (Lipinski definition) is 2. The normalized spacial score (nSPS) is 24.3. The Bertz CT molecular complexity index is 1020. The van der Waals surface area contributed by atoms with Gasteiger partial charge in [0.25, 0.3) is 15.9 Å². The lowest BCUT2D eigenvalue weighted by Crippen LogP contribution is -2.40. The number of carbonyl (C=O) groups is 1. The lowest BCUT2D eigenvalue weighted by molar-refractivity contribution is 0.0915. The van der Waals surface area contributed by atoms with Crippen molar-refractivity contribution in [2.45, 2.75) is 43.5 Å². The van der Waals surface area contributed by atoms with E-state index >= 15 is 0 Å². The van der Waals surface area contributed by atoms with Crippen LogP contribution in [0.1, 0.15) is 43.0 Å². The average molecular weight is 433 g/mol. The molecule has 0 aliphatic heterocycles. The molecule has 0 heterocycles. The van der Waals surface area contributed by atoms with Gasteiger partial charge in [-0.15, -0.1) is 0 Å². The summed E-state index contributed by atoms with van der Waals surface area (Å²) in [6, 6.07) is 12.7. The first kappa shape index (κ1) is 20.2. The van der Waals surface area contributed by atoms with Crippen molar-refractivity contribution >= 4 is 33.2 Å². The Hall–Kier alpha value is -2.05. The summed E-state index contributed by atoms with van der Waals surface area (Å²) in [4.78, 5) is 12.8. The fourth-order valence-electron chi connectivity index (χ4n) is 4.87. The molecule has 2 aliphatic carbocycles. The number of amides is 1. The second-order valence-electron chi connectivity index (χ2n) is 8.24. The van der Waals surface area contributed by atoms with Crippen molar-refractivity contribution in [2.75, 3.05) is 4.72 Å². The van der Waals surface area contributed by atoms with E-state index in [9.17, 15) is 13.2 Å². The molecule has 4 atom stereocenters. The van der Waals surface area contributed by atoms with Gasteiger partial charge in [0, 0.05) is 16.6 Å². The van der Waals surface area contributed by atoms with Crippen LogP contribution in [0.5, 0.6) is 0 Å². The minimum atomic E-state index is -3.83. The van der Waals surface area contributed by atoms with E-state index in [-0.39, 0.29) is 16.8 Å². The van der Waals surface area contributed by atoms with Crippen LogP contribution in [0.4, 0.5) is 5.69 Å². The molecule has 2 aliphatic rings. The zero-order valence-corrected chi connectivity index (χ0v) is 17.8. The van der Waals surface area contributed by atoms with Gasteiger partial charge in [-0.2, -0.15) is 0 Å². The third-order valence-corrected chi connectivity index (χ3v) is 7.89. The van der Waals surface area contributed by atoms with Gasteiger partial charge < -0.3 is 5.32 Å². The number of anilines is 1. The van der Waals surface area contributed by atoms with Crippen molar-refractivity contribution in [1.29, 1.82) is 0 Å². The molecule has 2 bridgehead atoms. The molecule has 2 fully saturated rings. The molecule has 7 heteroatoms. The highest BCUT2D eigenvalue weighted by Crippen LogP contribution is 2.49. The molecule has 29 heavy (non-hydrogen) atoms. The van der Waals surface area contributed by atoms with Crippen LogP contribution in [0, 0.1) is 17.8 Å². The van der Waals surface area contributed by atoms with E-state index in [0.717, 1.165) is 5.92 Å². The Morgan fingerprint density at radius 1 is 1.10 bits per heavy atom. The Balaban J connectivity index is 1.47. The number of hydrogen-bond acceptors (Lipinski definition) is 3. The predicted molar refractivity (Wildman–Crippen MR) is 115 cm³/mol. The van der Waals surface area contributed by atoms with Gasteiger partial charge in [0.15, 0.2) is 0 Å². The summed E-state index contributed by atoms with van der Waals surface area (Å²) >= 11 is 5.92. The van der Waals surface area contributed by atoms with Gasteiger partial charge in [-0.3, -0.25) is 9.52 Å². The first-order chi connectivity index (χ1) is 13.8. The van der Waals surface area contributed by atoms with Gasteiger partial charge in [-0.1, -0.05) is 30.2 Å². The van der Waals surface area contributed by atoms with Crippen LogP contribution in [0.25, 0.3) is 0 Å². The minimum Gasteiger partial charge on any atom is -0.349 e. The molecule has 4 rings (SSSR count). The van der Waals surface area contributed by atoms with Gasteiger partial charge in [-0.05, 0) is 80.3 Å². The standard InChI is InChI=1S/C22H25ClN2O3S/c1-14(21-11-15-8-9-16(21)10-15)24-22(26)17-4-2-7-20(12-17)29(27,28)25-19-6-3-5-18(23)13-19/h2-7,12-16,21,25H,8-11H2,1H3,(H,24,26)/t14-,15+,16-,21+/m0/s1. The lowest BCUT2D eigenvalue weighted by Gasteiger charge is -2.28. The van der Waals surface area contributed by atoms with Crippen molar-refractivity contribution in [2.24, 2.45) is 17.8 Å². The Kier molecular flexibility index (Phi) is 5.58. The fourth-order valence-corrected chi connectivity index (χ4v) is 6.16. The van der Waals surface area contributed by atoms with E-state index in [1.807, 2.05) is 0 Å². The van der Waals surface area contributed by atoms with Crippen LogP contribution < -0.4 is 10.0 Å². The predicted octanol–water partition coefficient (Wildman–Crippen LogP) is 4.70. The number of fused-ring (bicyclic) bond motifs is 2. The summed E-state index contributed by atoms with van der Waals surface area (Å²) in [6.45, 7) is 2.06. The minimum absolute atomic E-state index is 0.0395. The maximum atomic E-state index is 12.8. The van der Waals surface area contributed by atoms with Crippen LogP contribution in [-0.2, 0) is 10.0 Å². The number of benzene rings is 2. The lowest BCUT2D eigenvalue weighted by atomic mass is 9.84. The Labute approximate surface area is 176 Å². The van der Waals surface area contributed by atoms with Crippen molar-refractivity contribution in [3.63, 3.8) is 0 Å². The number of nitrogens with one attached hydrogen (secondary N) is 2. The molecule has 2 saturated carbocycles. The Morgan fingerprint density at radius 3 is 2.59 bits per heavy atom. The van der Waals surface area contributed by atoms with Gasteiger partial charge in [0.05, 0.1) is 10.6 Å². The summed E-state index contributed by atoms with van der Waals surface area (Å²) < 4.78 is 27.9. The quantitative estimate of drug-likeness (QED) is 0.694. The van der Waals surface area contributed by atoms with Crippen LogP contribution in [0.2, 0.25) is 5.02 Å². The third-order valence-electron chi connectivity index (χ3n) is 6.28. The topological polar surface area (TPSA) is 75.3 Å². The molecule has 0 unspecified atom stereocenters. The average Bonchev–Trinajstić information content (AvgIpc) is 3.31. The van der Waals surface area contributed by atoms with Crippen LogP contribution in [-0.4, -0.2) is 20.4 Å². The number of rotatable bonds is 6. The van der Waals surface area contributed by atoms with Crippen molar-refractivity contribution < 1.29 is 13.2 Å². The first-order valence-corrected chi connectivity index (χ1v) is 11.9. The first-order valence-electron chi connectivity index (χ1n) is 10.0. The number of halogens is 1. The molecular weight excluding hydrogens is 408 g/mol.